The van der Waals surface area contributed by atoms with Gasteiger partial charge in [-0.15, -0.1) is 0 Å². The van der Waals surface area contributed by atoms with Crippen LogP contribution in [0.3, 0.4) is 0 Å². The molecule has 1 atom stereocenters. The van der Waals surface area contributed by atoms with Crippen molar-refractivity contribution in [3.63, 3.8) is 0 Å². The maximum atomic E-state index is 12.4. The number of fused-ring (bicyclic) bond motifs is 1. The minimum absolute atomic E-state index is 0.0677. The number of ether oxygens (including phenoxy) is 1. The molecule has 3 heterocycles. The summed E-state index contributed by atoms with van der Waals surface area (Å²) in [6, 6.07) is 11.3. The normalized spacial score (nSPS) is 15.0. The molecule has 1 saturated heterocycles. The maximum absolute atomic E-state index is 12.4. The predicted molar refractivity (Wildman–Crippen MR) is 158 cm³/mol. The third kappa shape index (κ3) is 5.71. The Kier molecular flexibility index (Phi) is 7.88. The molecule has 11 heteroatoms. The predicted octanol–water partition coefficient (Wildman–Crippen LogP) is 5.00. The van der Waals surface area contributed by atoms with Crippen LogP contribution in [0.4, 0.5) is 23.0 Å². The van der Waals surface area contributed by atoms with Gasteiger partial charge in [-0.1, -0.05) is 24.8 Å². The van der Waals surface area contributed by atoms with Crippen LogP contribution in [0.2, 0.25) is 0 Å². The number of anilines is 4. The summed E-state index contributed by atoms with van der Waals surface area (Å²) >= 11 is 0. The molecule has 0 spiro atoms. The van der Waals surface area contributed by atoms with Crippen LogP contribution < -0.4 is 20.3 Å². The second-order valence-corrected chi connectivity index (χ2v) is 9.95. The van der Waals surface area contributed by atoms with Gasteiger partial charge in [-0.05, 0) is 44.6 Å². The Morgan fingerprint density at radius 1 is 1.29 bits per heavy atom. The second kappa shape index (κ2) is 11.7. The molecule has 4 aromatic rings. The zero-order valence-corrected chi connectivity index (χ0v) is 23.2. The molecular formula is C30H32N6O5. The van der Waals surface area contributed by atoms with Gasteiger partial charge in [0.15, 0.2) is 0 Å². The molecule has 0 bridgehead atoms. The number of carbonyl (C=O) groups excluding carboxylic acids is 1. The Morgan fingerprint density at radius 3 is 2.80 bits per heavy atom. The van der Waals surface area contributed by atoms with Crippen molar-refractivity contribution in [3.8, 4) is 17.0 Å². The number of carboxylic acid groups (broad SMARTS) is 1. The summed E-state index contributed by atoms with van der Waals surface area (Å²) in [5, 5.41) is 16.6. The van der Waals surface area contributed by atoms with Crippen LogP contribution in [0.25, 0.3) is 22.2 Å². The van der Waals surface area contributed by atoms with Gasteiger partial charge in [0, 0.05) is 42.8 Å². The number of aromatic carboxylic acids is 1. The molecule has 5 rings (SSSR count). The van der Waals surface area contributed by atoms with Crippen LogP contribution in [-0.2, 0) is 4.79 Å². The van der Waals surface area contributed by atoms with Crippen molar-refractivity contribution >= 4 is 45.9 Å². The van der Waals surface area contributed by atoms with Gasteiger partial charge in [-0.25, -0.2) is 14.8 Å². The Morgan fingerprint density at radius 2 is 2.10 bits per heavy atom. The molecule has 11 nitrogen and oxygen atoms in total. The molecule has 1 aliphatic heterocycles. The van der Waals surface area contributed by atoms with Gasteiger partial charge in [-0.2, -0.15) is 0 Å². The first kappa shape index (κ1) is 27.7. The summed E-state index contributed by atoms with van der Waals surface area (Å²) in [6.07, 6.45) is 6.20. The van der Waals surface area contributed by atoms with E-state index in [9.17, 15) is 14.7 Å². The molecule has 1 amide bonds. The number of methoxy groups -OCH3 is 1. The van der Waals surface area contributed by atoms with Crippen LogP contribution in [-0.4, -0.2) is 72.2 Å². The number of rotatable bonds is 10. The van der Waals surface area contributed by atoms with E-state index < -0.39 is 5.97 Å². The summed E-state index contributed by atoms with van der Waals surface area (Å²) in [5.74, 6) is -0.887. The van der Waals surface area contributed by atoms with Crippen LogP contribution in [0.1, 0.15) is 23.2 Å². The first-order valence-corrected chi connectivity index (χ1v) is 13.2. The van der Waals surface area contributed by atoms with E-state index in [-0.39, 0.29) is 23.1 Å². The Labute approximate surface area is 237 Å². The summed E-state index contributed by atoms with van der Waals surface area (Å²) in [7, 11) is 5.65. The lowest BCUT2D eigenvalue weighted by molar-refractivity contribution is -0.111. The molecule has 41 heavy (non-hydrogen) atoms. The monoisotopic (exact) mass is 556 g/mol. The van der Waals surface area contributed by atoms with Gasteiger partial charge >= 0.3 is 5.97 Å². The average Bonchev–Trinajstić information content (AvgIpc) is 3.58. The van der Waals surface area contributed by atoms with Crippen LogP contribution in [0, 0.1) is 0 Å². The number of carboxylic acids is 1. The Hall–Kier alpha value is -4.90. The minimum Gasteiger partial charge on any atom is -0.494 e. The van der Waals surface area contributed by atoms with Gasteiger partial charge in [0.1, 0.15) is 23.2 Å². The van der Waals surface area contributed by atoms with Crippen molar-refractivity contribution in [1.82, 2.24) is 14.9 Å². The summed E-state index contributed by atoms with van der Waals surface area (Å²) in [6.45, 7) is 5.40. The van der Waals surface area contributed by atoms with Crippen molar-refractivity contribution < 1.29 is 23.8 Å². The fraction of sp³-hybridized carbons (Fsp3) is 0.267. The van der Waals surface area contributed by atoms with Crippen molar-refractivity contribution in [1.29, 1.82) is 0 Å². The number of benzene rings is 2. The topological polar surface area (TPSA) is 133 Å². The van der Waals surface area contributed by atoms with Crippen molar-refractivity contribution in [2.24, 2.45) is 0 Å². The number of hydrogen-bond acceptors (Lipinski definition) is 9. The second-order valence-electron chi connectivity index (χ2n) is 9.95. The number of likely N-dealkylation sites (N-methyl/N-ethyl adjacent to an activating group) is 2. The minimum atomic E-state index is -1.16. The average molecular weight is 557 g/mol. The van der Waals surface area contributed by atoms with Gasteiger partial charge in [-0.3, -0.25) is 4.79 Å². The first-order valence-electron chi connectivity index (χ1n) is 13.2. The zero-order valence-electron chi connectivity index (χ0n) is 23.2. The van der Waals surface area contributed by atoms with Crippen LogP contribution in [0.15, 0.2) is 65.9 Å². The zero-order chi connectivity index (χ0) is 29.1. The molecule has 0 radical (unpaired) electrons. The van der Waals surface area contributed by atoms with Crippen LogP contribution in [0.5, 0.6) is 5.75 Å². The molecule has 3 N–H and O–H groups in total. The molecule has 0 aliphatic carbocycles. The largest absolute Gasteiger partial charge is 0.494 e. The number of nitrogens with one attached hydrogen (secondary N) is 2. The SMILES string of the molecule is C=CC(=O)Nc1cc(Nc2ncc(C(=O)O)c(-c3coc4ccccc34)n2)c(OC)cc1N(C)CC1CCCN1C. The number of furan rings is 1. The van der Waals surface area contributed by atoms with Gasteiger partial charge in [0.25, 0.3) is 0 Å². The Bertz CT molecular complexity index is 1620. The molecule has 1 aliphatic rings. The smallest absolute Gasteiger partial charge is 0.339 e. The van der Waals surface area contributed by atoms with E-state index in [4.69, 9.17) is 9.15 Å². The van der Waals surface area contributed by atoms with Gasteiger partial charge in [0.05, 0.1) is 29.9 Å². The number of likely N-dealkylation sites (tertiary alicyclic amines) is 1. The summed E-state index contributed by atoms with van der Waals surface area (Å²) in [4.78, 5) is 37.6. The lowest BCUT2D eigenvalue weighted by Crippen LogP contribution is -2.37. The van der Waals surface area contributed by atoms with Gasteiger partial charge < -0.3 is 34.7 Å². The standard InChI is InChI=1S/C30H32N6O5/c1-5-27(37)32-22-13-23(26(40-4)14-24(22)36(3)16-18-9-8-12-35(18)2)33-30-31-15-20(29(38)39)28(34-30)21-17-41-25-11-7-6-10-19(21)25/h5-7,10-11,13-15,17-18H,1,8-9,12,16H2,2-4H3,(H,32,37)(H,38,39)(H,31,33,34). The first-order chi connectivity index (χ1) is 19.8. The molecular weight excluding hydrogens is 524 g/mol. The molecule has 1 unspecified atom stereocenters. The molecule has 2 aromatic carbocycles. The highest BCUT2D eigenvalue weighted by Crippen LogP contribution is 2.39. The molecule has 2 aromatic heterocycles. The van der Waals surface area contributed by atoms with Crippen LogP contribution >= 0.6 is 0 Å². The van der Waals surface area contributed by atoms with E-state index in [1.54, 1.807) is 19.2 Å². The van der Waals surface area contributed by atoms with Gasteiger partial charge in [0.2, 0.25) is 11.9 Å². The number of amides is 1. The van der Waals surface area contributed by atoms with E-state index in [2.05, 4.69) is 44.0 Å². The highest BCUT2D eigenvalue weighted by molar-refractivity contribution is 6.03. The number of carbonyl (C=O) groups is 2. The highest BCUT2D eigenvalue weighted by atomic mass is 16.5. The number of nitrogens with zero attached hydrogens (tertiary/aromatic N) is 4. The van der Waals surface area contributed by atoms with E-state index in [1.807, 2.05) is 31.3 Å². The Balaban J connectivity index is 1.54. The van der Waals surface area contributed by atoms with E-state index in [0.29, 0.717) is 34.3 Å². The highest BCUT2D eigenvalue weighted by Gasteiger charge is 2.25. The van der Waals surface area contributed by atoms with Crippen molar-refractivity contribution in [2.75, 3.05) is 49.8 Å². The van der Waals surface area contributed by atoms with E-state index >= 15 is 0 Å². The van der Waals surface area contributed by atoms with E-state index in [0.717, 1.165) is 37.0 Å². The lowest BCUT2D eigenvalue weighted by atomic mass is 10.1. The van der Waals surface area contributed by atoms with E-state index in [1.165, 1.54) is 18.5 Å². The summed E-state index contributed by atoms with van der Waals surface area (Å²) in [5.41, 5.74) is 3.08. The lowest BCUT2D eigenvalue weighted by Gasteiger charge is -2.29. The fourth-order valence-corrected chi connectivity index (χ4v) is 5.15. The third-order valence-electron chi connectivity index (χ3n) is 7.33. The van der Waals surface area contributed by atoms with Crippen molar-refractivity contribution in [3.05, 3.63) is 67.1 Å². The molecule has 1 fully saturated rings. The molecule has 212 valence electrons. The number of para-hydroxylation sites is 1. The number of hydrogen-bond donors (Lipinski definition) is 3. The summed E-state index contributed by atoms with van der Waals surface area (Å²) < 4.78 is 11.3. The quantitative estimate of drug-likeness (QED) is 0.229. The maximum Gasteiger partial charge on any atom is 0.339 e. The van der Waals surface area contributed by atoms with Crippen molar-refractivity contribution in [2.45, 2.75) is 18.9 Å². The molecule has 0 saturated carbocycles. The fourth-order valence-electron chi connectivity index (χ4n) is 5.15. The number of aromatic nitrogens is 2. The third-order valence-corrected chi connectivity index (χ3v) is 7.33.